The van der Waals surface area contributed by atoms with Gasteiger partial charge >= 0.3 is 0 Å². The summed E-state index contributed by atoms with van der Waals surface area (Å²) in [6.45, 7) is 1.58. The van der Waals surface area contributed by atoms with Crippen LogP contribution in [0.25, 0.3) is 0 Å². The molecule has 0 fully saturated rings. The normalized spacial score (nSPS) is 12.6. The van der Waals surface area contributed by atoms with Gasteiger partial charge in [-0.3, -0.25) is 0 Å². The van der Waals surface area contributed by atoms with Crippen LogP contribution in [0.5, 0.6) is 0 Å². The van der Waals surface area contributed by atoms with E-state index in [-0.39, 0.29) is 5.03 Å². The predicted octanol–water partition coefficient (Wildman–Crippen LogP) is 1.49. The van der Waals surface area contributed by atoms with E-state index < -0.39 is 30.4 Å². The lowest BCUT2D eigenvalue weighted by Crippen LogP contribution is -2.16. The van der Waals surface area contributed by atoms with Crippen molar-refractivity contribution < 1.29 is 16.8 Å². The first-order chi connectivity index (χ1) is 7.62. The van der Waals surface area contributed by atoms with Crippen molar-refractivity contribution in [3.8, 4) is 0 Å². The number of nitrogens with zero attached hydrogens (tertiary/aromatic N) is 1. The Kier molecular flexibility index (Phi) is 4.56. The molecule has 17 heavy (non-hydrogen) atoms. The molecule has 0 N–H and O–H groups in total. The summed E-state index contributed by atoms with van der Waals surface area (Å²) in [6.07, 6.45) is 1.34. The van der Waals surface area contributed by atoms with Gasteiger partial charge in [-0.25, -0.2) is 21.8 Å². The first-order valence-electron chi connectivity index (χ1n) is 4.39. The van der Waals surface area contributed by atoms with E-state index in [0.29, 0.717) is 10.0 Å². The molecule has 0 saturated carbocycles. The highest BCUT2D eigenvalue weighted by Crippen LogP contribution is 2.18. The lowest BCUT2D eigenvalue weighted by molar-refractivity contribution is 0.589. The molecule has 0 bridgehead atoms. The minimum atomic E-state index is -3.83. The van der Waals surface area contributed by atoms with Crippen molar-refractivity contribution in [2.75, 3.05) is 11.5 Å². The van der Waals surface area contributed by atoms with Gasteiger partial charge in [0, 0.05) is 21.4 Å². The molecular weight excluding hydrogens is 354 g/mol. The van der Waals surface area contributed by atoms with E-state index in [9.17, 15) is 16.8 Å². The fourth-order valence-corrected chi connectivity index (χ4v) is 4.80. The number of aromatic nitrogens is 1. The predicted molar refractivity (Wildman–Crippen MR) is 68.4 cm³/mol. The molecule has 1 aromatic rings. The van der Waals surface area contributed by atoms with Crippen molar-refractivity contribution in [3.05, 3.63) is 22.3 Å². The van der Waals surface area contributed by atoms with Gasteiger partial charge in [-0.15, -0.1) is 0 Å². The summed E-state index contributed by atoms with van der Waals surface area (Å²) in [7, 11) is -2.60. The van der Waals surface area contributed by atoms with Crippen molar-refractivity contribution in [2.24, 2.45) is 0 Å². The summed E-state index contributed by atoms with van der Waals surface area (Å²) in [5.74, 6) is -1.21. The van der Waals surface area contributed by atoms with Crippen LogP contribution in [0.3, 0.4) is 0 Å². The smallest absolute Gasteiger partial charge is 0.233 e. The Morgan fingerprint density at radius 1 is 1.29 bits per heavy atom. The van der Waals surface area contributed by atoms with Crippen LogP contribution in [0.15, 0.2) is 21.8 Å². The molecule has 0 atom stereocenters. The second kappa shape index (κ2) is 5.21. The van der Waals surface area contributed by atoms with Gasteiger partial charge in [0.25, 0.3) is 0 Å². The number of hydrogen-bond acceptors (Lipinski definition) is 5. The van der Waals surface area contributed by atoms with Crippen molar-refractivity contribution in [1.29, 1.82) is 0 Å². The van der Waals surface area contributed by atoms with E-state index in [1.54, 1.807) is 13.0 Å². The highest BCUT2D eigenvalue weighted by molar-refractivity contribution is 9.10. The fourth-order valence-electron chi connectivity index (χ4n) is 1.16. The van der Waals surface area contributed by atoms with Crippen LogP contribution in [-0.2, 0) is 18.9 Å². The zero-order chi connectivity index (χ0) is 13.3. The molecule has 0 aromatic carbocycles. The van der Waals surface area contributed by atoms with Crippen LogP contribution < -0.4 is 0 Å². The van der Waals surface area contributed by atoms with Crippen LogP contribution in [-0.4, -0.2) is 33.3 Å². The topological polar surface area (TPSA) is 81.2 Å². The van der Waals surface area contributed by atoms with Gasteiger partial charge in [-0.05, 0) is 34.5 Å². The third-order valence-electron chi connectivity index (χ3n) is 1.89. The van der Waals surface area contributed by atoms with Crippen molar-refractivity contribution in [2.45, 2.75) is 11.9 Å². The number of hydrogen-bond donors (Lipinski definition) is 0. The third-order valence-corrected chi connectivity index (χ3v) is 5.49. The molecule has 5 nitrogen and oxygen atoms in total. The maximum atomic E-state index is 11.8. The Bertz CT molecular complexity index is 627. The molecule has 0 aliphatic rings. The molecule has 0 radical (unpaired) electrons. The first kappa shape index (κ1) is 14.9. The van der Waals surface area contributed by atoms with Gasteiger partial charge in [0.15, 0.2) is 14.9 Å². The lowest BCUT2D eigenvalue weighted by atomic mass is 10.3. The van der Waals surface area contributed by atoms with Crippen LogP contribution in [0.4, 0.5) is 0 Å². The Hall–Kier alpha value is -0.180. The first-order valence-corrected chi connectivity index (χ1v) is 9.31. The summed E-state index contributed by atoms with van der Waals surface area (Å²) in [5.41, 5.74) is 0.450. The zero-order valence-electron chi connectivity index (χ0n) is 8.72. The number of aryl methyl sites for hydroxylation is 1. The zero-order valence-corrected chi connectivity index (χ0v) is 12.7. The number of halogens is 2. The Morgan fingerprint density at radius 2 is 1.88 bits per heavy atom. The van der Waals surface area contributed by atoms with E-state index in [2.05, 4.69) is 20.9 Å². The molecule has 0 aliphatic carbocycles. The summed E-state index contributed by atoms with van der Waals surface area (Å²) < 4.78 is 45.7. The molecular formula is C8H9BrClNO4S2. The van der Waals surface area contributed by atoms with Crippen molar-refractivity contribution >= 4 is 45.5 Å². The van der Waals surface area contributed by atoms with Crippen molar-refractivity contribution in [3.63, 3.8) is 0 Å². The van der Waals surface area contributed by atoms with E-state index >= 15 is 0 Å². The van der Waals surface area contributed by atoms with Gasteiger partial charge in [0.2, 0.25) is 9.05 Å². The molecule has 1 aromatic heterocycles. The number of pyridine rings is 1. The highest BCUT2D eigenvalue weighted by Gasteiger charge is 2.21. The van der Waals surface area contributed by atoms with E-state index in [1.165, 1.54) is 6.20 Å². The summed E-state index contributed by atoms with van der Waals surface area (Å²) >= 11 is 3.16. The molecule has 0 unspecified atom stereocenters. The van der Waals surface area contributed by atoms with E-state index in [1.807, 2.05) is 0 Å². The number of rotatable bonds is 4. The van der Waals surface area contributed by atoms with Gasteiger partial charge in [0.1, 0.15) is 0 Å². The average molecular weight is 363 g/mol. The molecule has 0 aliphatic heterocycles. The maximum absolute atomic E-state index is 11.8. The molecule has 9 heteroatoms. The van der Waals surface area contributed by atoms with E-state index in [0.717, 1.165) is 0 Å². The second-order valence-electron chi connectivity index (χ2n) is 3.34. The molecule has 0 spiro atoms. The Balaban J connectivity index is 3.06. The second-order valence-corrected chi connectivity index (χ2v) is 9.17. The quantitative estimate of drug-likeness (QED) is 0.758. The van der Waals surface area contributed by atoms with Gasteiger partial charge in [-0.2, -0.15) is 0 Å². The molecule has 96 valence electrons. The maximum Gasteiger partial charge on any atom is 0.233 e. The molecule has 0 amide bonds. The van der Waals surface area contributed by atoms with Crippen LogP contribution in [0.1, 0.15) is 5.56 Å². The number of sulfone groups is 1. The molecule has 0 saturated heterocycles. The Morgan fingerprint density at radius 3 is 2.35 bits per heavy atom. The monoisotopic (exact) mass is 361 g/mol. The third kappa shape index (κ3) is 4.53. The lowest BCUT2D eigenvalue weighted by Gasteiger charge is -2.05. The van der Waals surface area contributed by atoms with Gasteiger partial charge in [-0.1, -0.05) is 0 Å². The van der Waals surface area contributed by atoms with Crippen molar-refractivity contribution in [1.82, 2.24) is 4.98 Å². The SMILES string of the molecule is Cc1cc(Br)cnc1S(=O)(=O)CCS(=O)(=O)Cl. The fraction of sp³-hybridized carbons (Fsp3) is 0.375. The van der Waals surface area contributed by atoms with Gasteiger partial charge < -0.3 is 0 Å². The summed E-state index contributed by atoms with van der Waals surface area (Å²) in [5, 5.41) is -0.124. The molecule has 1 heterocycles. The standard InChI is InChI=1S/C8H9BrClNO4S2/c1-6-4-7(9)5-11-8(6)16(12,13)2-3-17(10,14)15/h4-5H,2-3H2,1H3. The summed E-state index contributed by atoms with van der Waals surface area (Å²) in [6, 6.07) is 1.59. The largest absolute Gasteiger partial charge is 0.243 e. The molecule has 1 rings (SSSR count). The minimum absolute atomic E-state index is 0.124. The highest BCUT2D eigenvalue weighted by atomic mass is 79.9. The Labute approximate surface area is 113 Å². The van der Waals surface area contributed by atoms with E-state index in [4.69, 9.17) is 10.7 Å². The minimum Gasteiger partial charge on any atom is -0.243 e. The summed E-state index contributed by atoms with van der Waals surface area (Å²) in [4.78, 5) is 3.78. The average Bonchev–Trinajstić information content (AvgIpc) is 2.13. The van der Waals surface area contributed by atoms with Gasteiger partial charge in [0.05, 0.1) is 11.5 Å². The van der Waals surface area contributed by atoms with Crippen LogP contribution >= 0.6 is 26.6 Å². The van der Waals surface area contributed by atoms with Crippen LogP contribution in [0.2, 0.25) is 0 Å². The van der Waals surface area contributed by atoms with Crippen LogP contribution in [0, 0.1) is 6.92 Å².